The van der Waals surface area contributed by atoms with Crippen LogP contribution in [0.25, 0.3) is 0 Å². The number of hydrogen-bond donors (Lipinski definition) is 4. The summed E-state index contributed by atoms with van der Waals surface area (Å²) >= 11 is 0. The lowest BCUT2D eigenvalue weighted by Crippen LogP contribution is -2.31. The maximum absolute atomic E-state index is 11.7. The standard InChI is InChI=1S/C16H20N6O5/c1-9(2)27-11-5-4-10(6-12(11)26-3)7-18-20-13(23)8-17-14-15(24)19-16(25)22-21-14/h4-7,9H,8H2,1-3H3,(H,17,21)(H,20,23)(H2,19,22,24,25)/b18-7-. The van der Waals surface area contributed by atoms with Crippen LogP contribution < -0.4 is 31.5 Å². The third kappa shape index (κ3) is 5.99. The van der Waals surface area contributed by atoms with Gasteiger partial charge in [0, 0.05) is 0 Å². The van der Waals surface area contributed by atoms with Crippen LogP contribution in [0.4, 0.5) is 5.82 Å². The van der Waals surface area contributed by atoms with E-state index in [0.717, 1.165) is 0 Å². The minimum atomic E-state index is -0.736. The average molecular weight is 376 g/mol. The van der Waals surface area contributed by atoms with Crippen molar-refractivity contribution in [3.8, 4) is 11.5 Å². The molecule has 0 spiro atoms. The first-order chi connectivity index (χ1) is 12.9. The molecule has 2 aromatic rings. The lowest BCUT2D eigenvalue weighted by Gasteiger charge is -2.13. The van der Waals surface area contributed by atoms with Gasteiger partial charge in [-0.05, 0) is 37.6 Å². The predicted octanol–water partition coefficient (Wildman–Crippen LogP) is -0.184. The van der Waals surface area contributed by atoms with Crippen LogP contribution in [0.15, 0.2) is 32.9 Å². The zero-order valence-corrected chi connectivity index (χ0v) is 15.0. The monoisotopic (exact) mass is 376 g/mol. The van der Waals surface area contributed by atoms with E-state index in [2.05, 4.69) is 20.9 Å². The maximum atomic E-state index is 11.7. The van der Waals surface area contributed by atoms with Crippen LogP contribution in [0, 0.1) is 0 Å². The predicted molar refractivity (Wildman–Crippen MR) is 98.5 cm³/mol. The molecule has 0 bridgehead atoms. The van der Waals surface area contributed by atoms with Gasteiger partial charge >= 0.3 is 5.69 Å². The second-order valence-electron chi connectivity index (χ2n) is 5.58. The number of benzene rings is 1. The smallest absolute Gasteiger partial charge is 0.342 e. The summed E-state index contributed by atoms with van der Waals surface area (Å²) < 4.78 is 10.9. The second-order valence-corrected chi connectivity index (χ2v) is 5.58. The summed E-state index contributed by atoms with van der Waals surface area (Å²) in [5.74, 6) is 0.463. The molecular weight excluding hydrogens is 356 g/mol. The third-order valence-corrected chi connectivity index (χ3v) is 3.08. The molecule has 0 fully saturated rings. The molecule has 1 amide bonds. The number of nitrogens with one attached hydrogen (secondary N) is 4. The van der Waals surface area contributed by atoms with Gasteiger partial charge in [-0.1, -0.05) is 0 Å². The Labute approximate surface area is 153 Å². The molecule has 0 aliphatic heterocycles. The highest BCUT2D eigenvalue weighted by Crippen LogP contribution is 2.28. The Morgan fingerprint density at radius 2 is 2.11 bits per heavy atom. The molecule has 0 atom stereocenters. The molecule has 0 radical (unpaired) electrons. The molecular formula is C16H20N6O5. The van der Waals surface area contributed by atoms with Crippen LogP contribution >= 0.6 is 0 Å². The maximum Gasteiger partial charge on any atom is 0.342 e. The van der Waals surface area contributed by atoms with E-state index in [-0.39, 0.29) is 18.5 Å². The summed E-state index contributed by atoms with van der Waals surface area (Å²) in [4.78, 5) is 36.0. The molecule has 2 rings (SSSR count). The van der Waals surface area contributed by atoms with Crippen LogP contribution in [-0.2, 0) is 4.79 Å². The minimum Gasteiger partial charge on any atom is -0.493 e. The van der Waals surface area contributed by atoms with E-state index in [1.807, 2.05) is 23.9 Å². The molecule has 27 heavy (non-hydrogen) atoms. The lowest BCUT2D eigenvalue weighted by atomic mass is 10.2. The molecule has 11 heteroatoms. The number of anilines is 1. The average Bonchev–Trinajstić information content (AvgIpc) is 2.61. The molecule has 11 nitrogen and oxygen atoms in total. The van der Waals surface area contributed by atoms with E-state index in [0.29, 0.717) is 17.1 Å². The number of carbonyl (C=O) groups excluding carboxylic acids is 1. The topological polar surface area (TPSA) is 151 Å². The van der Waals surface area contributed by atoms with Gasteiger partial charge in [-0.3, -0.25) is 14.6 Å². The zero-order valence-electron chi connectivity index (χ0n) is 15.0. The fourth-order valence-corrected chi connectivity index (χ4v) is 1.97. The van der Waals surface area contributed by atoms with Crippen LogP contribution in [-0.4, -0.2) is 47.1 Å². The van der Waals surface area contributed by atoms with Crippen molar-refractivity contribution in [3.05, 3.63) is 44.6 Å². The van der Waals surface area contributed by atoms with Crippen molar-refractivity contribution < 1.29 is 14.3 Å². The molecule has 0 unspecified atom stereocenters. The highest BCUT2D eigenvalue weighted by Gasteiger charge is 2.07. The van der Waals surface area contributed by atoms with Crippen molar-refractivity contribution in [1.29, 1.82) is 0 Å². The SMILES string of the molecule is COc1cc(/C=N\NC(=O)CNc2n[nH]c(=O)[nH]c2=O)ccc1OC(C)C. The Bertz CT molecular complexity index is 933. The van der Waals surface area contributed by atoms with Gasteiger partial charge in [-0.25, -0.2) is 15.3 Å². The number of nitrogens with zero attached hydrogens (tertiary/aromatic N) is 2. The van der Waals surface area contributed by atoms with Crippen LogP contribution in [0.3, 0.4) is 0 Å². The Morgan fingerprint density at radius 1 is 1.33 bits per heavy atom. The molecule has 4 N–H and O–H groups in total. The van der Waals surface area contributed by atoms with E-state index >= 15 is 0 Å². The minimum absolute atomic E-state index is 0.00868. The largest absolute Gasteiger partial charge is 0.493 e. The van der Waals surface area contributed by atoms with E-state index in [1.165, 1.54) is 13.3 Å². The van der Waals surface area contributed by atoms with Gasteiger partial charge in [0.1, 0.15) is 0 Å². The highest BCUT2D eigenvalue weighted by atomic mass is 16.5. The fraction of sp³-hybridized carbons (Fsp3) is 0.312. The number of aromatic nitrogens is 3. The van der Waals surface area contributed by atoms with Gasteiger partial charge < -0.3 is 14.8 Å². The van der Waals surface area contributed by atoms with Gasteiger partial charge in [0.25, 0.3) is 11.5 Å². The van der Waals surface area contributed by atoms with Crippen molar-refractivity contribution in [2.24, 2.45) is 5.10 Å². The number of hydrogen-bond acceptors (Lipinski definition) is 8. The number of methoxy groups -OCH3 is 1. The van der Waals surface area contributed by atoms with E-state index in [1.54, 1.807) is 18.2 Å². The van der Waals surface area contributed by atoms with Gasteiger partial charge in [-0.15, -0.1) is 5.10 Å². The summed E-state index contributed by atoms with van der Waals surface area (Å²) in [6.45, 7) is 3.56. The first-order valence-electron chi connectivity index (χ1n) is 7.98. The molecule has 144 valence electrons. The third-order valence-electron chi connectivity index (χ3n) is 3.08. The number of carbonyl (C=O) groups is 1. The first-order valence-corrected chi connectivity index (χ1v) is 7.98. The summed E-state index contributed by atoms with van der Waals surface area (Å²) in [5.41, 5.74) is 1.52. The van der Waals surface area contributed by atoms with Crippen LogP contribution in [0.1, 0.15) is 19.4 Å². The van der Waals surface area contributed by atoms with Crippen LogP contribution in [0.5, 0.6) is 11.5 Å². The quantitative estimate of drug-likeness (QED) is 0.368. The zero-order chi connectivity index (χ0) is 19.8. The number of H-pyrrole nitrogens is 2. The number of rotatable bonds is 8. The molecule has 1 aromatic heterocycles. The molecule has 0 aliphatic rings. The molecule has 0 aliphatic carbocycles. The Kier molecular flexibility index (Phi) is 6.69. The van der Waals surface area contributed by atoms with Crippen molar-refractivity contribution in [2.75, 3.05) is 19.0 Å². The lowest BCUT2D eigenvalue weighted by molar-refractivity contribution is -0.119. The Balaban J connectivity index is 1.91. The van der Waals surface area contributed by atoms with Gasteiger partial charge in [-0.2, -0.15) is 5.10 Å². The number of amides is 1. The summed E-state index contributed by atoms with van der Waals surface area (Å²) in [7, 11) is 1.53. The summed E-state index contributed by atoms with van der Waals surface area (Å²) in [5, 5.41) is 11.9. The molecule has 1 heterocycles. The van der Waals surface area contributed by atoms with Crippen LogP contribution in [0.2, 0.25) is 0 Å². The van der Waals surface area contributed by atoms with Crippen molar-refractivity contribution >= 4 is 17.9 Å². The van der Waals surface area contributed by atoms with E-state index in [9.17, 15) is 14.4 Å². The van der Waals surface area contributed by atoms with Gasteiger partial charge in [0.15, 0.2) is 11.5 Å². The number of aromatic amines is 2. The van der Waals surface area contributed by atoms with Crippen molar-refractivity contribution in [2.45, 2.75) is 20.0 Å². The molecule has 1 aromatic carbocycles. The van der Waals surface area contributed by atoms with Gasteiger partial charge in [0.05, 0.1) is 26.0 Å². The second kappa shape index (κ2) is 9.17. The molecule has 0 saturated carbocycles. The Hall–Kier alpha value is -3.63. The number of ether oxygens (including phenoxy) is 2. The van der Waals surface area contributed by atoms with Crippen molar-refractivity contribution in [3.63, 3.8) is 0 Å². The summed E-state index contributed by atoms with van der Waals surface area (Å²) in [6.07, 6.45) is 1.44. The molecule has 0 saturated heterocycles. The normalized spacial score (nSPS) is 10.8. The number of hydrazone groups is 1. The first kappa shape index (κ1) is 19.7. The van der Waals surface area contributed by atoms with Crippen molar-refractivity contribution in [1.82, 2.24) is 20.6 Å². The highest BCUT2D eigenvalue weighted by molar-refractivity contribution is 5.84. The van der Waals surface area contributed by atoms with E-state index < -0.39 is 17.2 Å². The van der Waals surface area contributed by atoms with E-state index in [4.69, 9.17) is 9.47 Å². The summed E-state index contributed by atoms with van der Waals surface area (Å²) in [6, 6.07) is 5.23. The Morgan fingerprint density at radius 3 is 2.78 bits per heavy atom. The fourth-order valence-electron chi connectivity index (χ4n) is 1.97. The van der Waals surface area contributed by atoms with Gasteiger partial charge in [0.2, 0.25) is 5.82 Å².